The van der Waals surface area contributed by atoms with Crippen LogP contribution in [0.4, 0.5) is 5.69 Å². The highest BCUT2D eigenvalue weighted by atomic mass is 16.1. The van der Waals surface area contributed by atoms with Crippen molar-refractivity contribution in [3.63, 3.8) is 0 Å². The lowest BCUT2D eigenvalue weighted by Crippen LogP contribution is -2.28. The van der Waals surface area contributed by atoms with Crippen molar-refractivity contribution < 1.29 is 4.79 Å². The molecule has 0 saturated heterocycles. The van der Waals surface area contributed by atoms with Crippen LogP contribution >= 0.6 is 0 Å². The Balaban J connectivity index is 1.36. The van der Waals surface area contributed by atoms with Gasteiger partial charge in [-0.25, -0.2) is 4.98 Å². The molecule has 4 N–H and O–H groups in total. The van der Waals surface area contributed by atoms with E-state index in [9.17, 15) is 4.79 Å². The van der Waals surface area contributed by atoms with Gasteiger partial charge in [-0.1, -0.05) is 42.5 Å². The molecule has 0 bridgehead atoms. The molecular formula is C26H29N5O. The van der Waals surface area contributed by atoms with Crippen molar-refractivity contribution in [2.75, 3.05) is 18.4 Å². The van der Waals surface area contributed by atoms with E-state index in [0.717, 1.165) is 41.0 Å². The standard InChI is InChI=1S/C26H29N5O/c1-31-24-13-12-21(26(32)29-16-15-28-22-5-3-2-4-6-22)17-23(24)30-25(31)14-11-19-7-9-20(18-27)10-8-19/h2-10,12-13,17,28H,11,14-16,18,27H2,1H3,(H,29,32). The number of hydrogen-bond acceptors (Lipinski definition) is 4. The molecule has 0 aliphatic carbocycles. The smallest absolute Gasteiger partial charge is 0.251 e. The summed E-state index contributed by atoms with van der Waals surface area (Å²) in [4.78, 5) is 17.4. The molecular weight excluding hydrogens is 398 g/mol. The fourth-order valence-corrected chi connectivity index (χ4v) is 3.75. The lowest BCUT2D eigenvalue weighted by Gasteiger charge is -2.08. The Hall–Kier alpha value is -3.64. The number of rotatable bonds is 9. The number of nitrogens with zero attached hydrogens (tertiary/aromatic N) is 2. The Morgan fingerprint density at radius 3 is 2.44 bits per heavy atom. The molecule has 164 valence electrons. The van der Waals surface area contributed by atoms with E-state index in [1.165, 1.54) is 5.56 Å². The van der Waals surface area contributed by atoms with Crippen molar-refractivity contribution in [3.8, 4) is 0 Å². The summed E-state index contributed by atoms with van der Waals surface area (Å²) < 4.78 is 2.11. The van der Waals surface area contributed by atoms with Gasteiger partial charge < -0.3 is 20.9 Å². The van der Waals surface area contributed by atoms with Gasteiger partial charge in [-0.15, -0.1) is 0 Å². The molecule has 0 fully saturated rings. The van der Waals surface area contributed by atoms with Crippen LogP contribution in [-0.2, 0) is 26.4 Å². The number of carbonyl (C=O) groups is 1. The van der Waals surface area contributed by atoms with E-state index in [-0.39, 0.29) is 5.91 Å². The number of nitrogens with one attached hydrogen (secondary N) is 2. The molecule has 1 heterocycles. The monoisotopic (exact) mass is 427 g/mol. The van der Waals surface area contributed by atoms with Gasteiger partial charge in [-0.05, 0) is 47.9 Å². The molecule has 0 spiro atoms. The highest BCUT2D eigenvalue weighted by molar-refractivity contribution is 5.97. The normalized spacial score (nSPS) is 10.9. The minimum atomic E-state index is -0.0889. The van der Waals surface area contributed by atoms with Gasteiger partial charge in [0.25, 0.3) is 5.91 Å². The molecule has 1 amide bonds. The summed E-state index contributed by atoms with van der Waals surface area (Å²) in [5.74, 6) is 0.918. The number of amides is 1. The van der Waals surface area contributed by atoms with E-state index < -0.39 is 0 Å². The maximum Gasteiger partial charge on any atom is 0.251 e. The van der Waals surface area contributed by atoms with Crippen molar-refractivity contribution in [2.45, 2.75) is 19.4 Å². The first-order chi connectivity index (χ1) is 15.6. The second kappa shape index (κ2) is 10.1. The van der Waals surface area contributed by atoms with Crippen LogP contribution in [0.2, 0.25) is 0 Å². The lowest BCUT2D eigenvalue weighted by atomic mass is 10.1. The number of imidazole rings is 1. The summed E-state index contributed by atoms with van der Waals surface area (Å²) in [6.07, 6.45) is 1.74. The SMILES string of the molecule is Cn1c(CCc2ccc(CN)cc2)nc2cc(C(=O)NCCNc3ccccc3)ccc21. The average Bonchev–Trinajstić information content (AvgIpc) is 3.16. The molecule has 4 rings (SSSR count). The molecule has 6 heteroatoms. The highest BCUT2D eigenvalue weighted by Crippen LogP contribution is 2.18. The van der Waals surface area contributed by atoms with E-state index in [4.69, 9.17) is 10.7 Å². The molecule has 32 heavy (non-hydrogen) atoms. The van der Waals surface area contributed by atoms with Gasteiger partial charge in [-0.2, -0.15) is 0 Å². The van der Waals surface area contributed by atoms with Gasteiger partial charge in [0.15, 0.2) is 0 Å². The maximum absolute atomic E-state index is 12.6. The van der Waals surface area contributed by atoms with E-state index in [2.05, 4.69) is 39.5 Å². The van der Waals surface area contributed by atoms with Crippen molar-refractivity contribution in [3.05, 3.63) is 95.3 Å². The summed E-state index contributed by atoms with van der Waals surface area (Å²) in [6.45, 7) is 1.77. The number of carbonyl (C=O) groups excluding carboxylic acids is 1. The molecule has 0 atom stereocenters. The molecule has 4 aromatic rings. The number of aryl methyl sites for hydroxylation is 3. The Bertz CT molecular complexity index is 1180. The Morgan fingerprint density at radius 2 is 1.69 bits per heavy atom. The summed E-state index contributed by atoms with van der Waals surface area (Å²) in [5, 5.41) is 6.26. The largest absolute Gasteiger partial charge is 0.383 e. The zero-order valence-electron chi connectivity index (χ0n) is 18.3. The lowest BCUT2D eigenvalue weighted by molar-refractivity contribution is 0.0955. The minimum Gasteiger partial charge on any atom is -0.383 e. The first-order valence-corrected chi connectivity index (χ1v) is 10.9. The molecule has 1 aromatic heterocycles. The van der Waals surface area contributed by atoms with E-state index in [1.807, 2.05) is 55.6 Å². The van der Waals surface area contributed by atoms with Crippen LogP contribution < -0.4 is 16.4 Å². The Labute approximate surface area is 188 Å². The maximum atomic E-state index is 12.6. The molecule has 3 aromatic carbocycles. The molecule has 0 saturated carbocycles. The van der Waals surface area contributed by atoms with Gasteiger partial charge >= 0.3 is 0 Å². The highest BCUT2D eigenvalue weighted by Gasteiger charge is 2.12. The number of benzene rings is 3. The van der Waals surface area contributed by atoms with Crippen LogP contribution in [0.1, 0.15) is 27.3 Å². The van der Waals surface area contributed by atoms with Crippen LogP contribution in [0.3, 0.4) is 0 Å². The van der Waals surface area contributed by atoms with Gasteiger partial charge in [0.1, 0.15) is 5.82 Å². The fourth-order valence-electron chi connectivity index (χ4n) is 3.75. The number of para-hydroxylation sites is 1. The second-order valence-corrected chi connectivity index (χ2v) is 7.86. The van der Waals surface area contributed by atoms with E-state index >= 15 is 0 Å². The van der Waals surface area contributed by atoms with Gasteiger partial charge in [0.05, 0.1) is 11.0 Å². The van der Waals surface area contributed by atoms with Crippen molar-refractivity contribution in [2.24, 2.45) is 12.8 Å². The van der Waals surface area contributed by atoms with Gasteiger partial charge in [-0.3, -0.25) is 4.79 Å². The van der Waals surface area contributed by atoms with Gasteiger partial charge in [0.2, 0.25) is 0 Å². The minimum absolute atomic E-state index is 0.0889. The van der Waals surface area contributed by atoms with Crippen molar-refractivity contribution >= 4 is 22.6 Å². The summed E-state index contributed by atoms with van der Waals surface area (Å²) >= 11 is 0. The zero-order valence-corrected chi connectivity index (χ0v) is 18.3. The Kier molecular flexibility index (Phi) is 6.82. The van der Waals surface area contributed by atoms with E-state index in [0.29, 0.717) is 25.2 Å². The predicted molar refractivity (Wildman–Crippen MR) is 130 cm³/mol. The third-order valence-electron chi connectivity index (χ3n) is 5.65. The quantitative estimate of drug-likeness (QED) is 0.356. The first-order valence-electron chi connectivity index (χ1n) is 10.9. The van der Waals surface area contributed by atoms with Crippen LogP contribution in [0.5, 0.6) is 0 Å². The van der Waals surface area contributed by atoms with Crippen LogP contribution in [-0.4, -0.2) is 28.5 Å². The van der Waals surface area contributed by atoms with E-state index in [1.54, 1.807) is 0 Å². The van der Waals surface area contributed by atoms with Crippen molar-refractivity contribution in [1.29, 1.82) is 0 Å². The average molecular weight is 428 g/mol. The first kappa shape index (κ1) is 21.6. The summed E-state index contributed by atoms with van der Waals surface area (Å²) in [5.41, 5.74) is 11.6. The molecule has 0 radical (unpaired) electrons. The fraction of sp³-hybridized carbons (Fsp3) is 0.231. The van der Waals surface area contributed by atoms with Crippen LogP contribution in [0.25, 0.3) is 11.0 Å². The van der Waals surface area contributed by atoms with Gasteiger partial charge in [0, 0.05) is 44.4 Å². The molecule has 0 aliphatic rings. The topological polar surface area (TPSA) is 85.0 Å². The Morgan fingerprint density at radius 1 is 0.938 bits per heavy atom. The summed E-state index contributed by atoms with van der Waals surface area (Å²) in [6, 6.07) is 24.0. The molecule has 0 unspecified atom stereocenters. The number of nitrogens with two attached hydrogens (primary N) is 1. The third-order valence-corrected chi connectivity index (χ3v) is 5.65. The number of aromatic nitrogens is 2. The zero-order chi connectivity index (χ0) is 22.3. The predicted octanol–water partition coefficient (Wildman–Crippen LogP) is 3.66. The van der Waals surface area contributed by atoms with Crippen LogP contribution in [0.15, 0.2) is 72.8 Å². The van der Waals surface area contributed by atoms with Crippen molar-refractivity contribution in [1.82, 2.24) is 14.9 Å². The number of hydrogen-bond donors (Lipinski definition) is 3. The summed E-state index contributed by atoms with van der Waals surface area (Å²) in [7, 11) is 2.02. The number of fused-ring (bicyclic) bond motifs is 1. The third kappa shape index (κ3) is 5.15. The number of anilines is 1. The molecule has 0 aliphatic heterocycles. The van der Waals surface area contributed by atoms with Crippen LogP contribution in [0, 0.1) is 0 Å². The second-order valence-electron chi connectivity index (χ2n) is 7.86. The molecule has 6 nitrogen and oxygen atoms in total.